The van der Waals surface area contributed by atoms with Crippen LogP contribution in [0, 0.1) is 0 Å². The van der Waals surface area contributed by atoms with Crippen molar-refractivity contribution in [3.8, 4) is 45.3 Å². The van der Waals surface area contributed by atoms with Gasteiger partial charge in [-0.2, -0.15) is 0 Å². The van der Waals surface area contributed by atoms with Crippen molar-refractivity contribution in [2.45, 2.75) is 0 Å². The molecule has 4 heteroatoms. The molecule has 0 aliphatic heterocycles. The fraction of sp³-hybridized carbons (Fsp3) is 0. The van der Waals surface area contributed by atoms with Crippen LogP contribution in [0.15, 0.2) is 140 Å². The highest BCUT2D eigenvalue weighted by molar-refractivity contribution is 7.25. The average Bonchev–Trinajstić information content (AvgIpc) is 3.44. The Morgan fingerprint density at radius 2 is 0.927 bits per heavy atom. The zero-order chi connectivity index (χ0) is 27.2. The Balaban J connectivity index is 1.37. The predicted molar refractivity (Wildman–Crippen MR) is 172 cm³/mol. The maximum Gasteiger partial charge on any atom is 0.164 e. The summed E-state index contributed by atoms with van der Waals surface area (Å²) in [6.07, 6.45) is 0. The van der Waals surface area contributed by atoms with Gasteiger partial charge in [0.25, 0.3) is 0 Å². The van der Waals surface area contributed by atoms with Gasteiger partial charge in [-0.25, -0.2) is 15.0 Å². The lowest BCUT2D eigenvalue weighted by Gasteiger charge is -2.11. The van der Waals surface area contributed by atoms with Crippen LogP contribution in [0.1, 0.15) is 0 Å². The lowest BCUT2D eigenvalue weighted by molar-refractivity contribution is 1.08. The number of hydrogen-bond donors (Lipinski definition) is 0. The van der Waals surface area contributed by atoms with Gasteiger partial charge in [-0.3, -0.25) is 0 Å². The molecular weight excluding hydrogens is 518 g/mol. The number of rotatable bonds is 4. The molecule has 8 aromatic rings. The largest absolute Gasteiger partial charge is 0.208 e. The minimum Gasteiger partial charge on any atom is -0.208 e. The minimum absolute atomic E-state index is 0.661. The maximum absolute atomic E-state index is 5.13. The van der Waals surface area contributed by atoms with E-state index in [0.717, 1.165) is 33.0 Å². The van der Waals surface area contributed by atoms with Gasteiger partial charge in [0.1, 0.15) is 0 Å². The first kappa shape index (κ1) is 23.7. The third-order valence-corrected chi connectivity index (χ3v) is 8.70. The number of aromatic nitrogens is 3. The van der Waals surface area contributed by atoms with E-state index in [9.17, 15) is 0 Å². The summed E-state index contributed by atoms with van der Waals surface area (Å²) in [7, 11) is 0. The Bertz CT molecular complexity index is 2190. The van der Waals surface area contributed by atoms with E-state index in [-0.39, 0.29) is 0 Å². The van der Waals surface area contributed by atoms with Gasteiger partial charge in [-0.05, 0) is 34.0 Å². The molecule has 0 saturated carbocycles. The molecule has 8 rings (SSSR count). The van der Waals surface area contributed by atoms with E-state index in [4.69, 9.17) is 15.0 Å². The molecule has 6 aromatic carbocycles. The molecule has 0 atom stereocenters. The highest BCUT2D eigenvalue weighted by Crippen LogP contribution is 2.40. The zero-order valence-corrected chi connectivity index (χ0v) is 22.8. The van der Waals surface area contributed by atoms with Crippen LogP contribution < -0.4 is 0 Å². The summed E-state index contributed by atoms with van der Waals surface area (Å²) >= 11 is 1.80. The van der Waals surface area contributed by atoms with Gasteiger partial charge < -0.3 is 0 Å². The first-order chi connectivity index (χ1) is 20.3. The van der Waals surface area contributed by atoms with E-state index >= 15 is 0 Å². The second kappa shape index (κ2) is 9.77. The van der Waals surface area contributed by atoms with Crippen molar-refractivity contribution in [2.75, 3.05) is 0 Å². The van der Waals surface area contributed by atoms with E-state index in [1.807, 2.05) is 6.07 Å². The quantitative estimate of drug-likeness (QED) is 0.222. The second-order valence-corrected chi connectivity index (χ2v) is 11.1. The first-order valence-electron chi connectivity index (χ1n) is 13.6. The van der Waals surface area contributed by atoms with E-state index in [0.29, 0.717) is 17.5 Å². The van der Waals surface area contributed by atoms with Crippen LogP contribution in [-0.4, -0.2) is 15.0 Å². The monoisotopic (exact) mass is 541 g/mol. The number of hydrogen-bond acceptors (Lipinski definition) is 4. The van der Waals surface area contributed by atoms with E-state index in [1.54, 1.807) is 11.3 Å². The molecule has 0 saturated heterocycles. The molecule has 0 spiro atoms. The van der Waals surface area contributed by atoms with Crippen molar-refractivity contribution in [1.82, 2.24) is 15.0 Å². The van der Waals surface area contributed by atoms with Crippen LogP contribution in [0.3, 0.4) is 0 Å². The molecular formula is C37H23N3S. The van der Waals surface area contributed by atoms with Gasteiger partial charge in [-0.1, -0.05) is 127 Å². The highest BCUT2D eigenvalue weighted by Gasteiger charge is 2.17. The molecule has 0 N–H and O–H groups in total. The summed E-state index contributed by atoms with van der Waals surface area (Å²) in [4.78, 5) is 15.3. The molecule has 0 bridgehead atoms. The van der Waals surface area contributed by atoms with Crippen molar-refractivity contribution >= 4 is 42.3 Å². The Morgan fingerprint density at radius 3 is 1.78 bits per heavy atom. The van der Waals surface area contributed by atoms with Gasteiger partial charge in [-0.15, -0.1) is 11.3 Å². The normalized spacial score (nSPS) is 11.4. The van der Waals surface area contributed by atoms with Crippen LogP contribution in [0.2, 0.25) is 0 Å². The molecule has 2 aromatic heterocycles. The number of thiophene rings is 1. The van der Waals surface area contributed by atoms with Crippen LogP contribution in [-0.2, 0) is 0 Å². The predicted octanol–water partition coefficient (Wildman–Crippen LogP) is 10.1. The fourth-order valence-corrected chi connectivity index (χ4v) is 6.70. The Kier molecular flexibility index (Phi) is 5.64. The molecule has 0 amide bonds. The van der Waals surface area contributed by atoms with E-state index < -0.39 is 0 Å². The summed E-state index contributed by atoms with van der Waals surface area (Å²) in [6.45, 7) is 0. The van der Waals surface area contributed by atoms with Gasteiger partial charge in [0, 0.05) is 36.9 Å². The molecule has 0 aliphatic carbocycles. The summed E-state index contributed by atoms with van der Waals surface area (Å²) < 4.78 is 2.49. The Hall–Kier alpha value is -5.19. The van der Waals surface area contributed by atoms with Gasteiger partial charge in [0.15, 0.2) is 17.5 Å². The molecule has 0 aliphatic rings. The Morgan fingerprint density at radius 1 is 0.366 bits per heavy atom. The van der Waals surface area contributed by atoms with E-state index in [2.05, 4.69) is 133 Å². The summed E-state index contributed by atoms with van der Waals surface area (Å²) in [6, 6.07) is 48.6. The lowest BCUT2D eigenvalue weighted by atomic mass is 10.0. The number of benzene rings is 6. The number of nitrogens with zero attached hydrogens (tertiary/aromatic N) is 3. The van der Waals surface area contributed by atoms with Crippen molar-refractivity contribution in [3.63, 3.8) is 0 Å². The van der Waals surface area contributed by atoms with Crippen molar-refractivity contribution in [1.29, 1.82) is 0 Å². The lowest BCUT2D eigenvalue weighted by Crippen LogP contribution is -2.01. The summed E-state index contributed by atoms with van der Waals surface area (Å²) in [5.41, 5.74) is 5.31. The molecule has 41 heavy (non-hydrogen) atoms. The van der Waals surface area contributed by atoms with E-state index in [1.165, 1.54) is 25.7 Å². The fourth-order valence-electron chi connectivity index (χ4n) is 5.57. The highest BCUT2D eigenvalue weighted by atomic mass is 32.1. The molecule has 2 heterocycles. The van der Waals surface area contributed by atoms with Crippen molar-refractivity contribution < 1.29 is 0 Å². The van der Waals surface area contributed by atoms with Crippen molar-refractivity contribution in [2.24, 2.45) is 0 Å². The SMILES string of the molecule is c1ccc(-c2ccc(-c3nc(-c4cccc5ccccc45)nc(-c4cccc5sc6ccccc6c45)n3)cc2)cc1. The van der Waals surface area contributed by atoms with Crippen molar-refractivity contribution in [3.05, 3.63) is 140 Å². The molecule has 3 nitrogen and oxygen atoms in total. The summed E-state index contributed by atoms with van der Waals surface area (Å²) in [5.74, 6) is 2.01. The smallest absolute Gasteiger partial charge is 0.164 e. The van der Waals surface area contributed by atoms with Crippen LogP contribution in [0.25, 0.3) is 76.2 Å². The standard InChI is InChI=1S/C37H23N3S/c1-2-10-24(11-3-1)25-20-22-27(23-21-25)35-38-36(29-16-8-13-26-12-4-5-14-28(26)29)40-37(39-35)31-17-9-19-33-34(31)30-15-6-7-18-32(30)41-33/h1-23H. The molecule has 0 radical (unpaired) electrons. The van der Waals surface area contributed by atoms with Gasteiger partial charge in [0.05, 0.1) is 0 Å². The average molecular weight is 542 g/mol. The van der Waals surface area contributed by atoms with Crippen LogP contribution >= 0.6 is 11.3 Å². The second-order valence-electron chi connectivity index (χ2n) is 10.1. The Labute approximate surface area is 241 Å². The number of fused-ring (bicyclic) bond motifs is 4. The maximum atomic E-state index is 5.13. The molecule has 0 fully saturated rings. The zero-order valence-electron chi connectivity index (χ0n) is 22.0. The summed E-state index contributed by atoms with van der Waals surface area (Å²) in [5, 5.41) is 4.70. The third kappa shape index (κ3) is 4.17. The van der Waals surface area contributed by atoms with Gasteiger partial charge in [0.2, 0.25) is 0 Å². The molecule has 192 valence electrons. The molecule has 0 unspecified atom stereocenters. The first-order valence-corrected chi connectivity index (χ1v) is 14.4. The van der Waals surface area contributed by atoms with Crippen LogP contribution in [0.5, 0.6) is 0 Å². The van der Waals surface area contributed by atoms with Crippen LogP contribution in [0.4, 0.5) is 0 Å². The van der Waals surface area contributed by atoms with Gasteiger partial charge >= 0.3 is 0 Å². The topological polar surface area (TPSA) is 38.7 Å². The third-order valence-electron chi connectivity index (χ3n) is 7.56. The minimum atomic E-state index is 0.661.